The van der Waals surface area contributed by atoms with Crippen molar-refractivity contribution in [1.82, 2.24) is 5.43 Å². The van der Waals surface area contributed by atoms with E-state index in [9.17, 15) is 14.7 Å². The summed E-state index contributed by atoms with van der Waals surface area (Å²) in [4.78, 5) is 23.7. The van der Waals surface area contributed by atoms with Crippen LogP contribution in [0.2, 0.25) is 0 Å². The minimum atomic E-state index is -0.531. The molecule has 0 aromatic heterocycles. The molecule has 2 aromatic rings. The van der Waals surface area contributed by atoms with E-state index in [4.69, 9.17) is 4.74 Å². The second-order valence-electron chi connectivity index (χ2n) is 5.49. The van der Waals surface area contributed by atoms with E-state index >= 15 is 0 Å². The van der Waals surface area contributed by atoms with Crippen LogP contribution in [0.15, 0.2) is 47.6 Å². The number of rotatable bonds is 7. The number of hydrogen-bond donors (Lipinski definition) is 3. The lowest BCUT2D eigenvalue weighted by atomic mass is 10.2. The van der Waals surface area contributed by atoms with Crippen LogP contribution in [-0.4, -0.2) is 29.7 Å². The van der Waals surface area contributed by atoms with Crippen LogP contribution in [0, 0.1) is 6.92 Å². The summed E-state index contributed by atoms with van der Waals surface area (Å²) in [5.74, 6) is -0.590. The average molecular weight is 355 g/mol. The molecule has 7 nitrogen and oxygen atoms in total. The summed E-state index contributed by atoms with van der Waals surface area (Å²) in [5, 5.41) is 16.1. The highest BCUT2D eigenvalue weighted by atomic mass is 16.5. The summed E-state index contributed by atoms with van der Waals surface area (Å²) in [6, 6.07) is 12.0. The lowest BCUT2D eigenvalue weighted by Crippen LogP contribution is -2.24. The first-order chi connectivity index (χ1) is 12.5. The number of amides is 2. The zero-order chi connectivity index (χ0) is 18.9. The fraction of sp³-hybridized carbons (Fsp3) is 0.211. The Kier molecular flexibility index (Phi) is 6.73. The van der Waals surface area contributed by atoms with Crippen LogP contribution in [0.5, 0.6) is 11.5 Å². The van der Waals surface area contributed by atoms with Gasteiger partial charge in [-0.3, -0.25) is 9.59 Å². The fourth-order valence-electron chi connectivity index (χ4n) is 2.15. The first-order valence-corrected chi connectivity index (χ1v) is 8.12. The maximum absolute atomic E-state index is 11.9. The van der Waals surface area contributed by atoms with Crippen molar-refractivity contribution in [2.45, 2.75) is 20.3 Å². The minimum Gasteiger partial charge on any atom is -0.504 e. The number of ether oxygens (including phenoxy) is 1. The third kappa shape index (κ3) is 5.62. The molecule has 2 rings (SSSR count). The SMILES string of the molecule is CCOc1cc(C=NNC(=O)CC(=O)Nc2ccccc2C)ccc1O. The second-order valence-corrected chi connectivity index (χ2v) is 5.49. The van der Waals surface area contributed by atoms with Gasteiger partial charge >= 0.3 is 0 Å². The molecule has 0 spiro atoms. The van der Waals surface area contributed by atoms with Gasteiger partial charge in [0.1, 0.15) is 6.42 Å². The predicted molar refractivity (Wildman–Crippen MR) is 99.4 cm³/mol. The summed E-state index contributed by atoms with van der Waals surface area (Å²) in [6.07, 6.45) is 1.06. The lowest BCUT2D eigenvalue weighted by molar-refractivity contribution is -0.126. The highest BCUT2D eigenvalue weighted by Crippen LogP contribution is 2.26. The van der Waals surface area contributed by atoms with Crippen molar-refractivity contribution in [3.8, 4) is 11.5 Å². The van der Waals surface area contributed by atoms with Crippen molar-refractivity contribution in [2.24, 2.45) is 5.10 Å². The van der Waals surface area contributed by atoms with Gasteiger partial charge < -0.3 is 15.2 Å². The van der Waals surface area contributed by atoms with E-state index in [1.165, 1.54) is 12.3 Å². The highest BCUT2D eigenvalue weighted by molar-refractivity contribution is 6.04. The van der Waals surface area contributed by atoms with Gasteiger partial charge in [-0.05, 0) is 49.2 Å². The Balaban J connectivity index is 1.86. The van der Waals surface area contributed by atoms with Crippen LogP contribution in [0.25, 0.3) is 0 Å². The molecule has 0 atom stereocenters. The summed E-state index contributed by atoms with van der Waals surface area (Å²) in [5.41, 5.74) is 4.51. The third-order valence-corrected chi connectivity index (χ3v) is 3.43. The molecule has 3 N–H and O–H groups in total. The molecule has 7 heteroatoms. The number of nitrogens with one attached hydrogen (secondary N) is 2. The van der Waals surface area contributed by atoms with E-state index in [0.29, 0.717) is 23.6 Å². The van der Waals surface area contributed by atoms with Gasteiger partial charge in [0.2, 0.25) is 11.8 Å². The number of aryl methyl sites for hydroxylation is 1. The van der Waals surface area contributed by atoms with Crippen LogP contribution >= 0.6 is 0 Å². The molecule has 0 unspecified atom stereocenters. The van der Waals surface area contributed by atoms with Crippen molar-refractivity contribution in [2.75, 3.05) is 11.9 Å². The van der Waals surface area contributed by atoms with Gasteiger partial charge in [-0.25, -0.2) is 5.43 Å². The molecule has 26 heavy (non-hydrogen) atoms. The number of carbonyl (C=O) groups excluding carboxylic acids is 2. The maximum Gasteiger partial charge on any atom is 0.249 e. The molecule has 0 saturated carbocycles. The highest BCUT2D eigenvalue weighted by Gasteiger charge is 2.10. The molecular formula is C19H21N3O4. The number of nitrogens with zero attached hydrogens (tertiary/aromatic N) is 1. The van der Waals surface area contributed by atoms with Crippen LogP contribution in [-0.2, 0) is 9.59 Å². The quantitative estimate of drug-likeness (QED) is 0.404. The van der Waals surface area contributed by atoms with Crippen LogP contribution in [0.1, 0.15) is 24.5 Å². The Morgan fingerprint density at radius 2 is 1.96 bits per heavy atom. The Morgan fingerprint density at radius 3 is 2.69 bits per heavy atom. The number of hydrazone groups is 1. The van der Waals surface area contributed by atoms with Crippen LogP contribution in [0.3, 0.4) is 0 Å². The van der Waals surface area contributed by atoms with Crippen molar-refractivity contribution in [1.29, 1.82) is 0 Å². The normalized spacial score (nSPS) is 10.5. The number of benzene rings is 2. The van der Waals surface area contributed by atoms with Crippen LogP contribution < -0.4 is 15.5 Å². The molecule has 0 radical (unpaired) electrons. The van der Waals surface area contributed by atoms with E-state index in [-0.39, 0.29) is 12.2 Å². The summed E-state index contributed by atoms with van der Waals surface area (Å²) < 4.78 is 5.27. The molecule has 2 amide bonds. The van der Waals surface area contributed by atoms with Crippen molar-refractivity contribution in [3.63, 3.8) is 0 Å². The molecule has 0 bridgehead atoms. The van der Waals surface area contributed by atoms with E-state index in [2.05, 4.69) is 15.8 Å². The minimum absolute atomic E-state index is 0.0286. The number of phenols is 1. The van der Waals surface area contributed by atoms with Crippen molar-refractivity contribution < 1.29 is 19.4 Å². The van der Waals surface area contributed by atoms with E-state index in [0.717, 1.165) is 5.56 Å². The largest absolute Gasteiger partial charge is 0.504 e. The Labute approximate surface area is 151 Å². The standard InChI is InChI=1S/C19H21N3O4/c1-3-26-17-10-14(8-9-16(17)23)12-20-22-19(25)11-18(24)21-15-7-5-4-6-13(15)2/h4-10,12,23H,3,11H2,1-2H3,(H,21,24)(H,22,25). The van der Waals surface area contributed by atoms with E-state index in [1.807, 2.05) is 26.0 Å². The molecule has 136 valence electrons. The number of hydrogen-bond acceptors (Lipinski definition) is 5. The summed E-state index contributed by atoms with van der Waals surface area (Å²) in [7, 11) is 0. The molecule has 0 aliphatic heterocycles. The zero-order valence-corrected chi connectivity index (χ0v) is 14.7. The zero-order valence-electron chi connectivity index (χ0n) is 14.7. The molecule has 0 aliphatic rings. The molecule has 0 aliphatic carbocycles. The van der Waals surface area contributed by atoms with Gasteiger partial charge in [0.25, 0.3) is 0 Å². The molecule has 0 saturated heterocycles. The monoisotopic (exact) mass is 355 g/mol. The average Bonchev–Trinajstić information content (AvgIpc) is 2.60. The number of anilines is 1. The van der Waals surface area contributed by atoms with E-state index < -0.39 is 11.8 Å². The van der Waals surface area contributed by atoms with Gasteiger partial charge in [0, 0.05) is 5.69 Å². The fourth-order valence-corrected chi connectivity index (χ4v) is 2.15. The van der Waals surface area contributed by atoms with Gasteiger partial charge in [-0.15, -0.1) is 0 Å². The summed E-state index contributed by atoms with van der Waals surface area (Å²) >= 11 is 0. The Morgan fingerprint density at radius 1 is 1.19 bits per heavy atom. The number of para-hydroxylation sites is 1. The lowest BCUT2D eigenvalue weighted by Gasteiger charge is -2.07. The Hall–Kier alpha value is -3.35. The second kappa shape index (κ2) is 9.22. The van der Waals surface area contributed by atoms with Crippen LogP contribution in [0.4, 0.5) is 5.69 Å². The number of carbonyl (C=O) groups is 2. The third-order valence-electron chi connectivity index (χ3n) is 3.43. The maximum atomic E-state index is 11.9. The molecule has 2 aromatic carbocycles. The van der Waals surface area contributed by atoms with E-state index in [1.54, 1.807) is 24.3 Å². The van der Waals surface area contributed by atoms with Gasteiger partial charge in [-0.1, -0.05) is 18.2 Å². The molecule has 0 fully saturated rings. The van der Waals surface area contributed by atoms with Gasteiger partial charge in [0.15, 0.2) is 11.5 Å². The number of aromatic hydroxyl groups is 1. The van der Waals surface area contributed by atoms with Gasteiger partial charge in [0.05, 0.1) is 12.8 Å². The predicted octanol–water partition coefficient (Wildman–Crippen LogP) is 2.58. The molecule has 0 heterocycles. The van der Waals surface area contributed by atoms with Crippen molar-refractivity contribution in [3.05, 3.63) is 53.6 Å². The molecular weight excluding hydrogens is 334 g/mol. The smallest absolute Gasteiger partial charge is 0.249 e. The Bertz CT molecular complexity index is 818. The topological polar surface area (TPSA) is 100 Å². The van der Waals surface area contributed by atoms with Crippen molar-refractivity contribution >= 4 is 23.7 Å². The first-order valence-electron chi connectivity index (χ1n) is 8.12. The van der Waals surface area contributed by atoms with Gasteiger partial charge in [-0.2, -0.15) is 5.10 Å². The number of phenolic OH excluding ortho intramolecular Hbond substituents is 1. The summed E-state index contributed by atoms with van der Waals surface area (Å²) in [6.45, 7) is 4.09. The first kappa shape index (κ1) is 19.0.